The van der Waals surface area contributed by atoms with Crippen LogP contribution in [0.4, 0.5) is 0 Å². The second-order valence-corrected chi connectivity index (χ2v) is 6.35. The van der Waals surface area contributed by atoms with Crippen molar-refractivity contribution in [3.63, 3.8) is 0 Å². The maximum Gasteiger partial charge on any atom is 0.254 e. The number of rotatable bonds is 4. The fourth-order valence-electron chi connectivity index (χ4n) is 3.25. The second kappa shape index (κ2) is 7.38. The van der Waals surface area contributed by atoms with Crippen LogP contribution in [0.1, 0.15) is 28.8 Å². The third-order valence-corrected chi connectivity index (χ3v) is 4.59. The molecule has 0 bridgehead atoms. The minimum atomic E-state index is -0.441. The van der Waals surface area contributed by atoms with E-state index in [2.05, 4.69) is 0 Å². The van der Waals surface area contributed by atoms with Gasteiger partial charge in [0.2, 0.25) is 5.91 Å². The molecule has 1 unspecified atom stereocenters. The van der Waals surface area contributed by atoms with Crippen molar-refractivity contribution in [1.82, 2.24) is 9.80 Å². The molecule has 1 aliphatic heterocycles. The molecule has 1 heterocycles. The van der Waals surface area contributed by atoms with Crippen molar-refractivity contribution in [2.24, 2.45) is 0 Å². The summed E-state index contributed by atoms with van der Waals surface area (Å²) in [6.45, 7) is 0.907. The lowest BCUT2D eigenvalue weighted by molar-refractivity contribution is -0.134. The summed E-state index contributed by atoms with van der Waals surface area (Å²) < 4.78 is 0. The number of carbonyl (C=O) groups is 2. The van der Waals surface area contributed by atoms with Crippen molar-refractivity contribution in [2.45, 2.75) is 25.4 Å². The number of benzene rings is 2. The number of hydrogen-bond acceptors (Lipinski definition) is 3. The SMILES string of the molecule is CN(Cc1ccccc1O)C(=O)C1CCCN1C(=O)c1ccccc1. The summed E-state index contributed by atoms with van der Waals surface area (Å²) >= 11 is 0. The third-order valence-electron chi connectivity index (χ3n) is 4.59. The Morgan fingerprint density at radius 2 is 1.80 bits per heavy atom. The average molecular weight is 338 g/mol. The first-order valence-corrected chi connectivity index (χ1v) is 8.46. The van der Waals surface area contributed by atoms with Crippen LogP contribution in [0.15, 0.2) is 54.6 Å². The third kappa shape index (κ3) is 3.65. The van der Waals surface area contributed by atoms with Gasteiger partial charge in [-0.05, 0) is 31.0 Å². The van der Waals surface area contributed by atoms with Gasteiger partial charge in [0.05, 0.1) is 0 Å². The van der Waals surface area contributed by atoms with Gasteiger partial charge in [0.25, 0.3) is 5.91 Å². The molecule has 2 aromatic rings. The van der Waals surface area contributed by atoms with Crippen LogP contribution in [-0.4, -0.2) is 46.4 Å². The first-order chi connectivity index (χ1) is 12.1. The number of amides is 2. The Morgan fingerprint density at radius 3 is 2.52 bits per heavy atom. The van der Waals surface area contributed by atoms with Gasteiger partial charge in [0.1, 0.15) is 11.8 Å². The molecule has 1 fully saturated rings. The van der Waals surface area contributed by atoms with Crippen LogP contribution in [0.3, 0.4) is 0 Å². The van der Waals surface area contributed by atoms with Crippen molar-refractivity contribution < 1.29 is 14.7 Å². The maximum absolute atomic E-state index is 12.9. The normalized spacial score (nSPS) is 16.7. The minimum Gasteiger partial charge on any atom is -0.508 e. The first-order valence-electron chi connectivity index (χ1n) is 8.46. The molecule has 0 aromatic heterocycles. The van der Waals surface area contributed by atoms with E-state index in [1.807, 2.05) is 24.3 Å². The van der Waals surface area contributed by atoms with E-state index < -0.39 is 6.04 Å². The lowest BCUT2D eigenvalue weighted by Gasteiger charge is -2.28. The highest BCUT2D eigenvalue weighted by Gasteiger charge is 2.36. The molecule has 130 valence electrons. The standard InChI is InChI=1S/C20H22N2O3/c1-21(14-16-10-5-6-12-18(16)23)20(25)17-11-7-13-22(17)19(24)15-8-3-2-4-9-15/h2-6,8-10,12,17,23H,7,11,13-14H2,1H3. The van der Waals surface area contributed by atoms with Crippen LogP contribution in [0.5, 0.6) is 5.75 Å². The minimum absolute atomic E-state index is 0.0926. The predicted molar refractivity (Wildman–Crippen MR) is 95.1 cm³/mol. The first kappa shape index (κ1) is 17.0. The molecule has 0 aliphatic carbocycles. The lowest BCUT2D eigenvalue weighted by Crippen LogP contribution is -2.46. The van der Waals surface area contributed by atoms with Gasteiger partial charge < -0.3 is 14.9 Å². The predicted octanol–water partition coefficient (Wildman–Crippen LogP) is 2.66. The number of likely N-dealkylation sites (N-methyl/N-ethyl adjacent to an activating group) is 1. The Balaban J connectivity index is 1.72. The number of likely N-dealkylation sites (tertiary alicyclic amines) is 1. The van der Waals surface area contributed by atoms with Gasteiger partial charge in [-0.25, -0.2) is 0 Å². The van der Waals surface area contributed by atoms with Crippen LogP contribution >= 0.6 is 0 Å². The summed E-state index contributed by atoms with van der Waals surface area (Å²) in [5.74, 6) is -0.0248. The summed E-state index contributed by atoms with van der Waals surface area (Å²) in [7, 11) is 1.71. The van der Waals surface area contributed by atoms with Gasteiger partial charge >= 0.3 is 0 Å². The van der Waals surface area contributed by atoms with Crippen LogP contribution in [0.25, 0.3) is 0 Å². The van der Waals surface area contributed by atoms with Gasteiger partial charge in [0.15, 0.2) is 0 Å². The molecular weight excluding hydrogens is 316 g/mol. The Kier molecular flexibility index (Phi) is 5.03. The number of aromatic hydroxyl groups is 1. The van der Waals surface area contributed by atoms with Gasteiger partial charge in [0, 0.05) is 31.3 Å². The smallest absolute Gasteiger partial charge is 0.254 e. The molecule has 0 saturated carbocycles. The molecule has 5 nitrogen and oxygen atoms in total. The molecule has 1 saturated heterocycles. The monoisotopic (exact) mass is 338 g/mol. The molecule has 1 aliphatic rings. The van der Waals surface area contributed by atoms with Crippen LogP contribution in [0.2, 0.25) is 0 Å². The Bertz CT molecular complexity index is 761. The van der Waals surface area contributed by atoms with E-state index in [1.165, 1.54) is 0 Å². The number of para-hydroxylation sites is 1. The van der Waals surface area contributed by atoms with Crippen molar-refractivity contribution >= 4 is 11.8 Å². The van der Waals surface area contributed by atoms with Crippen LogP contribution in [0, 0.1) is 0 Å². The number of carbonyl (C=O) groups excluding carboxylic acids is 2. The summed E-state index contributed by atoms with van der Waals surface area (Å²) in [5, 5.41) is 9.89. The molecule has 0 radical (unpaired) electrons. The molecule has 5 heteroatoms. The highest BCUT2D eigenvalue weighted by Crippen LogP contribution is 2.23. The average Bonchev–Trinajstić information content (AvgIpc) is 3.12. The van der Waals surface area contributed by atoms with Gasteiger partial charge in [-0.3, -0.25) is 9.59 Å². The number of phenolic OH excluding ortho intramolecular Hbond substituents is 1. The second-order valence-electron chi connectivity index (χ2n) is 6.35. The van der Waals surface area contributed by atoms with Crippen molar-refractivity contribution in [1.29, 1.82) is 0 Å². The topological polar surface area (TPSA) is 60.9 Å². The molecule has 3 rings (SSSR count). The zero-order valence-corrected chi connectivity index (χ0v) is 14.3. The lowest BCUT2D eigenvalue weighted by atomic mass is 10.1. The molecule has 1 N–H and O–H groups in total. The highest BCUT2D eigenvalue weighted by atomic mass is 16.3. The van der Waals surface area contributed by atoms with Crippen molar-refractivity contribution in [3.05, 3.63) is 65.7 Å². The quantitative estimate of drug-likeness (QED) is 0.932. The van der Waals surface area contributed by atoms with Crippen LogP contribution in [-0.2, 0) is 11.3 Å². The summed E-state index contributed by atoms with van der Waals surface area (Å²) in [6, 6.07) is 15.6. The van der Waals surface area contributed by atoms with Gasteiger partial charge in [-0.15, -0.1) is 0 Å². The molecule has 0 spiro atoms. The zero-order chi connectivity index (χ0) is 17.8. The van der Waals surface area contributed by atoms with E-state index in [0.717, 1.165) is 6.42 Å². The fraction of sp³-hybridized carbons (Fsp3) is 0.300. The Morgan fingerprint density at radius 1 is 1.12 bits per heavy atom. The molecule has 2 aromatic carbocycles. The van der Waals surface area contributed by atoms with E-state index in [0.29, 0.717) is 30.6 Å². The molecule has 1 atom stereocenters. The van der Waals surface area contributed by atoms with E-state index >= 15 is 0 Å². The zero-order valence-electron chi connectivity index (χ0n) is 14.3. The summed E-state index contributed by atoms with van der Waals surface area (Å²) in [4.78, 5) is 28.8. The van der Waals surface area contributed by atoms with Gasteiger partial charge in [-0.1, -0.05) is 36.4 Å². The van der Waals surface area contributed by atoms with Gasteiger partial charge in [-0.2, -0.15) is 0 Å². The number of phenols is 1. The molecule has 2 amide bonds. The van der Waals surface area contributed by atoms with E-state index in [1.54, 1.807) is 47.2 Å². The largest absolute Gasteiger partial charge is 0.508 e. The van der Waals surface area contributed by atoms with Crippen molar-refractivity contribution in [3.8, 4) is 5.75 Å². The molecule has 25 heavy (non-hydrogen) atoms. The molecular formula is C20H22N2O3. The van der Waals surface area contributed by atoms with E-state index in [-0.39, 0.29) is 17.6 Å². The maximum atomic E-state index is 12.9. The number of nitrogens with zero attached hydrogens (tertiary/aromatic N) is 2. The Hall–Kier alpha value is -2.82. The summed E-state index contributed by atoms with van der Waals surface area (Å²) in [6.07, 6.45) is 1.49. The summed E-state index contributed by atoms with van der Waals surface area (Å²) in [5.41, 5.74) is 1.29. The fourth-order valence-corrected chi connectivity index (χ4v) is 3.25. The van der Waals surface area contributed by atoms with E-state index in [4.69, 9.17) is 0 Å². The Labute approximate surface area is 147 Å². The van der Waals surface area contributed by atoms with E-state index in [9.17, 15) is 14.7 Å². The van der Waals surface area contributed by atoms with Crippen LogP contribution < -0.4 is 0 Å². The number of hydrogen-bond donors (Lipinski definition) is 1. The highest BCUT2D eigenvalue weighted by molar-refractivity contribution is 5.97. The van der Waals surface area contributed by atoms with Crippen molar-refractivity contribution in [2.75, 3.05) is 13.6 Å².